The fourth-order valence-corrected chi connectivity index (χ4v) is 1.65. The summed E-state index contributed by atoms with van der Waals surface area (Å²) in [6.07, 6.45) is 5.53. The molecule has 0 aliphatic rings. The smallest absolute Gasteiger partial charge is 0.167 e. The maximum atomic E-state index is 10.6. The highest BCUT2D eigenvalue weighted by Crippen LogP contribution is 2.19. The molecule has 0 saturated heterocycles. The largest absolute Gasteiger partial charge is 0.336 e. The lowest BCUT2D eigenvalue weighted by Crippen LogP contribution is -1.85. The number of carbonyl (C=O) groups is 1. The van der Waals surface area contributed by atoms with Gasteiger partial charge in [-0.2, -0.15) is 0 Å². The molecule has 82 valence electrons. The molecule has 0 unspecified atom stereocenters. The van der Waals surface area contributed by atoms with Crippen LogP contribution in [0.5, 0.6) is 0 Å². The summed E-state index contributed by atoms with van der Waals surface area (Å²) >= 11 is 0. The van der Waals surface area contributed by atoms with Crippen molar-refractivity contribution in [2.75, 3.05) is 0 Å². The third-order valence-electron chi connectivity index (χ3n) is 2.47. The van der Waals surface area contributed by atoms with E-state index >= 15 is 0 Å². The Bertz CT molecular complexity index is 690. The molecule has 3 rings (SSSR count). The van der Waals surface area contributed by atoms with Crippen LogP contribution in [0, 0.1) is 0 Å². The molecule has 0 aliphatic heterocycles. The highest BCUT2D eigenvalue weighted by Gasteiger charge is 2.04. The van der Waals surface area contributed by atoms with Crippen molar-refractivity contribution in [3.63, 3.8) is 0 Å². The summed E-state index contributed by atoms with van der Waals surface area (Å²) < 4.78 is 0. The number of imidazole rings is 1. The van der Waals surface area contributed by atoms with Crippen molar-refractivity contribution in [2.45, 2.75) is 0 Å². The number of aromatic nitrogens is 4. The second-order valence-corrected chi connectivity index (χ2v) is 3.56. The Morgan fingerprint density at radius 1 is 1.06 bits per heavy atom. The first-order chi connectivity index (χ1) is 8.36. The van der Waals surface area contributed by atoms with Gasteiger partial charge in [0.1, 0.15) is 5.82 Å². The van der Waals surface area contributed by atoms with Gasteiger partial charge in [0.15, 0.2) is 6.29 Å². The van der Waals surface area contributed by atoms with Gasteiger partial charge in [-0.1, -0.05) is 0 Å². The molecule has 0 saturated carbocycles. The van der Waals surface area contributed by atoms with Crippen LogP contribution in [0.25, 0.3) is 22.4 Å². The van der Waals surface area contributed by atoms with Crippen molar-refractivity contribution >= 4 is 17.3 Å². The Balaban J connectivity index is 2.14. The number of H-pyrrole nitrogens is 1. The number of hydrogen-bond acceptors (Lipinski definition) is 4. The van der Waals surface area contributed by atoms with Crippen LogP contribution < -0.4 is 0 Å². The minimum atomic E-state index is 0.458. The van der Waals surface area contributed by atoms with E-state index in [4.69, 9.17) is 0 Å². The zero-order valence-corrected chi connectivity index (χ0v) is 8.79. The number of aromatic amines is 1. The summed E-state index contributed by atoms with van der Waals surface area (Å²) in [6.45, 7) is 0. The molecule has 3 aromatic rings. The van der Waals surface area contributed by atoms with Gasteiger partial charge in [-0.15, -0.1) is 0 Å². The Labute approximate surface area is 96.6 Å². The molecule has 0 atom stereocenters. The first-order valence-corrected chi connectivity index (χ1v) is 5.08. The summed E-state index contributed by atoms with van der Waals surface area (Å²) in [6, 6.07) is 5.65. The summed E-state index contributed by atoms with van der Waals surface area (Å²) in [5.74, 6) is 0.652. The van der Waals surface area contributed by atoms with Crippen molar-refractivity contribution in [3.05, 3.63) is 42.5 Å². The standard InChI is InChI=1S/C12H8N4O/c17-7-9-6-15-12(16-9)8-1-2-10-11(5-8)14-4-3-13-10/h1-7H,(H,15,16). The van der Waals surface area contributed by atoms with E-state index in [1.54, 1.807) is 12.4 Å². The van der Waals surface area contributed by atoms with E-state index in [9.17, 15) is 4.79 Å². The van der Waals surface area contributed by atoms with E-state index < -0.39 is 0 Å². The molecule has 0 aliphatic carbocycles. The normalized spacial score (nSPS) is 10.6. The van der Waals surface area contributed by atoms with Gasteiger partial charge >= 0.3 is 0 Å². The van der Waals surface area contributed by atoms with Crippen LogP contribution >= 0.6 is 0 Å². The fraction of sp³-hybridized carbons (Fsp3) is 0. The molecule has 1 N–H and O–H groups in total. The van der Waals surface area contributed by atoms with Crippen LogP contribution in [0.2, 0.25) is 0 Å². The highest BCUT2D eigenvalue weighted by atomic mass is 16.1. The lowest BCUT2D eigenvalue weighted by Gasteiger charge is -1.99. The quantitative estimate of drug-likeness (QED) is 0.674. The number of benzene rings is 1. The molecule has 2 heterocycles. The highest BCUT2D eigenvalue weighted by molar-refractivity contribution is 5.80. The van der Waals surface area contributed by atoms with Gasteiger partial charge in [-0.25, -0.2) is 4.98 Å². The van der Waals surface area contributed by atoms with Gasteiger partial charge in [0.05, 0.1) is 22.9 Å². The van der Waals surface area contributed by atoms with Crippen molar-refractivity contribution in [1.29, 1.82) is 0 Å². The zero-order valence-electron chi connectivity index (χ0n) is 8.79. The van der Waals surface area contributed by atoms with Crippen molar-refractivity contribution in [2.24, 2.45) is 0 Å². The lowest BCUT2D eigenvalue weighted by molar-refractivity contribution is 0.111. The second-order valence-electron chi connectivity index (χ2n) is 3.56. The summed E-state index contributed by atoms with van der Waals surface area (Å²) in [7, 11) is 0. The molecule has 0 spiro atoms. The number of rotatable bonds is 2. The Kier molecular flexibility index (Phi) is 2.15. The maximum Gasteiger partial charge on any atom is 0.167 e. The van der Waals surface area contributed by atoms with Crippen LogP contribution in [0.4, 0.5) is 0 Å². The molecule has 5 heteroatoms. The molecule has 5 nitrogen and oxygen atoms in total. The third-order valence-corrected chi connectivity index (χ3v) is 2.47. The number of nitrogens with zero attached hydrogens (tertiary/aromatic N) is 3. The SMILES string of the molecule is O=Cc1cnc(-c2ccc3nccnc3c2)[nH]1. The average molecular weight is 224 g/mol. The van der Waals surface area contributed by atoms with Crippen LogP contribution in [0.3, 0.4) is 0 Å². The Hall–Kier alpha value is -2.56. The van der Waals surface area contributed by atoms with E-state index in [2.05, 4.69) is 19.9 Å². The monoisotopic (exact) mass is 224 g/mol. The molecule has 0 bridgehead atoms. The third kappa shape index (κ3) is 1.67. The molecule has 0 radical (unpaired) electrons. The molecule has 2 aromatic heterocycles. The van der Waals surface area contributed by atoms with Gasteiger partial charge in [0.2, 0.25) is 0 Å². The number of aldehydes is 1. The topological polar surface area (TPSA) is 71.5 Å². The molecular weight excluding hydrogens is 216 g/mol. The minimum absolute atomic E-state index is 0.458. The number of hydrogen-bond donors (Lipinski definition) is 1. The molecular formula is C12H8N4O. The van der Waals surface area contributed by atoms with E-state index in [-0.39, 0.29) is 0 Å². The van der Waals surface area contributed by atoms with Crippen LogP contribution in [0.15, 0.2) is 36.8 Å². The zero-order chi connectivity index (χ0) is 11.7. The first-order valence-electron chi connectivity index (χ1n) is 5.08. The van der Waals surface area contributed by atoms with E-state index in [1.165, 1.54) is 6.20 Å². The van der Waals surface area contributed by atoms with Crippen molar-refractivity contribution in [3.8, 4) is 11.4 Å². The summed E-state index contributed by atoms with van der Waals surface area (Å²) in [5, 5.41) is 0. The molecule has 17 heavy (non-hydrogen) atoms. The predicted molar refractivity (Wildman–Crippen MR) is 62.5 cm³/mol. The van der Waals surface area contributed by atoms with Gasteiger partial charge in [-0.3, -0.25) is 14.8 Å². The first kappa shape index (κ1) is 9.65. The maximum absolute atomic E-state index is 10.6. The van der Waals surface area contributed by atoms with Gasteiger partial charge in [0, 0.05) is 18.0 Å². The Morgan fingerprint density at radius 3 is 2.65 bits per heavy atom. The molecule has 0 amide bonds. The molecule has 1 aromatic carbocycles. The minimum Gasteiger partial charge on any atom is -0.336 e. The predicted octanol–water partition coefficient (Wildman–Crippen LogP) is 1.83. The average Bonchev–Trinajstić information content (AvgIpc) is 2.87. The second kappa shape index (κ2) is 3.79. The van der Waals surface area contributed by atoms with Crippen LogP contribution in [-0.4, -0.2) is 26.2 Å². The van der Waals surface area contributed by atoms with E-state index in [0.717, 1.165) is 22.9 Å². The van der Waals surface area contributed by atoms with Gasteiger partial charge in [0.25, 0.3) is 0 Å². The lowest BCUT2D eigenvalue weighted by atomic mass is 10.2. The van der Waals surface area contributed by atoms with Gasteiger partial charge < -0.3 is 4.98 Å². The number of nitrogens with one attached hydrogen (secondary N) is 1. The van der Waals surface area contributed by atoms with Crippen LogP contribution in [-0.2, 0) is 0 Å². The van der Waals surface area contributed by atoms with Crippen LogP contribution in [0.1, 0.15) is 10.5 Å². The van der Waals surface area contributed by atoms with Crippen molar-refractivity contribution < 1.29 is 4.79 Å². The summed E-state index contributed by atoms with van der Waals surface area (Å²) in [5.41, 5.74) is 2.97. The fourth-order valence-electron chi connectivity index (χ4n) is 1.65. The number of fused-ring (bicyclic) bond motifs is 1. The summed E-state index contributed by atoms with van der Waals surface area (Å²) in [4.78, 5) is 26.0. The number of carbonyl (C=O) groups excluding carboxylic acids is 1. The van der Waals surface area contributed by atoms with E-state index in [0.29, 0.717) is 11.5 Å². The van der Waals surface area contributed by atoms with E-state index in [1.807, 2.05) is 18.2 Å². The molecule has 0 fully saturated rings. The van der Waals surface area contributed by atoms with Gasteiger partial charge in [-0.05, 0) is 18.2 Å². The Morgan fingerprint density at radius 2 is 1.88 bits per heavy atom. The van der Waals surface area contributed by atoms with Crippen molar-refractivity contribution in [1.82, 2.24) is 19.9 Å².